The van der Waals surface area contributed by atoms with Crippen LogP contribution in [-0.2, 0) is 4.79 Å². The van der Waals surface area contributed by atoms with E-state index in [1.807, 2.05) is 32.0 Å². The highest BCUT2D eigenvalue weighted by atomic mass is 16.2. The molecule has 136 valence electrons. The van der Waals surface area contributed by atoms with E-state index in [4.69, 9.17) is 0 Å². The van der Waals surface area contributed by atoms with Crippen molar-refractivity contribution in [3.8, 4) is 11.3 Å². The van der Waals surface area contributed by atoms with Crippen molar-refractivity contribution in [2.75, 3.05) is 13.6 Å². The number of carbonyl (C=O) groups excluding carboxylic acids is 2. The molecule has 26 heavy (non-hydrogen) atoms. The summed E-state index contributed by atoms with van der Waals surface area (Å²) in [6, 6.07) is 7.02. The van der Waals surface area contributed by atoms with Gasteiger partial charge in [-0.15, -0.1) is 0 Å². The van der Waals surface area contributed by atoms with Gasteiger partial charge in [0.05, 0.1) is 17.1 Å². The average molecular weight is 352 g/mol. The van der Waals surface area contributed by atoms with Crippen molar-refractivity contribution >= 4 is 11.8 Å². The van der Waals surface area contributed by atoms with Crippen LogP contribution < -0.4 is 5.32 Å². The molecule has 3 rings (SSSR count). The van der Waals surface area contributed by atoms with E-state index >= 15 is 0 Å². The Balaban J connectivity index is 1.93. The maximum absolute atomic E-state index is 13.1. The third-order valence-corrected chi connectivity index (χ3v) is 4.77. The number of piperidine rings is 1. The Morgan fingerprint density at radius 2 is 2.04 bits per heavy atom. The molecule has 6 heteroatoms. The van der Waals surface area contributed by atoms with Gasteiger partial charge in [0.2, 0.25) is 5.91 Å². The van der Waals surface area contributed by atoms with Gasteiger partial charge >= 0.3 is 0 Å². The first kappa shape index (κ1) is 18.0. The number of nitrogens with zero attached hydrogens (tertiary/aromatic N) is 3. The van der Waals surface area contributed by atoms with Crippen LogP contribution in [0.1, 0.15) is 41.0 Å². The maximum atomic E-state index is 13.1. The molecule has 1 saturated heterocycles. The summed E-state index contributed by atoms with van der Waals surface area (Å²) in [4.78, 5) is 35.8. The lowest BCUT2D eigenvalue weighted by Gasteiger charge is -2.34. The predicted molar refractivity (Wildman–Crippen MR) is 99.7 cm³/mol. The number of likely N-dealkylation sites (tertiary alicyclic amines) is 1. The van der Waals surface area contributed by atoms with E-state index in [2.05, 4.69) is 15.3 Å². The lowest BCUT2D eigenvalue weighted by molar-refractivity contribution is -0.126. The van der Waals surface area contributed by atoms with Gasteiger partial charge in [-0.05, 0) is 45.2 Å². The summed E-state index contributed by atoms with van der Waals surface area (Å²) in [6.07, 6.45) is 4.31. The van der Waals surface area contributed by atoms with E-state index in [-0.39, 0.29) is 11.8 Å². The van der Waals surface area contributed by atoms with Gasteiger partial charge < -0.3 is 10.2 Å². The van der Waals surface area contributed by atoms with E-state index in [9.17, 15) is 9.59 Å². The minimum Gasteiger partial charge on any atom is -0.357 e. The van der Waals surface area contributed by atoms with Gasteiger partial charge in [0.25, 0.3) is 5.91 Å². The molecule has 1 fully saturated rings. The third kappa shape index (κ3) is 3.59. The molecule has 1 N–H and O–H groups in total. The second kappa shape index (κ2) is 7.64. The quantitative estimate of drug-likeness (QED) is 0.921. The first-order valence-corrected chi connectivity index (χ1v) is 8.94. The lowest BCUT2D eigenvalue weighted by atomic mass is 9.99. The highest BCUT2D eigenvalue weighted by Gasteiger charge is 2.32. The number of amides is 2. The second-order valence-corrected chi connectivity index (χ2v) is 6.65. The molecule has 1 aliphatic rings. The summed E-state index contributed by atoms with van der Waals surface area (Å²) in [6.45, 7) is 4.40. The van der Waals surface area contributed by atoms with Crippen LogP contribution in [0, 0.1) is 13.8 Å². The number of nitrogens with one attached hydrogen (secondary N) is 1. The number of carbonyl (C=O) groups is 2. The molecule has 6 nitrogen and oxygen atoms in total. The number of hydrogen-bond acceptors (Lipinski definition) is 4. The Morgan fingerprint density at radius 3 is 2.81 bits per heavy atom. The molecule has 0 saturated carbocycles. The molecular weight excluding hydrogens is 328 g/mol. The summed E-state index contributed by atoms with van der Waals surface area (Å²) in [5, 5.41) is 2.67. The largest absolute Gasteiger partial charge is 0.357 e. The molecule has 0 aliphatic carbocycles. The second-order valence-electron chi connectivity index (χ2n) is 6.65. The van der Waals surface area contributed by atoms with Gasteiger partial charge in [-0.2, -0.15) is 0 Å². The molecular formula is C20H24N4O2. The van der Waals surface area contributed by atoms with Crippen molar-refractivity contribution in [1.29, 1.82) is 0 Å². The summed E-state index contributed by atoms with van der Waals surface area (Å²) >= 11 is 0. The van der Waals surface area contributed by atoms with E-state index in [1.165, 1.54) is 0 Å². The smallest absolute Gasteiger partial charge is 0.254 e. The fraction of sp³-hybridized carbons (Fsp3) is 0.400. The van der Waals surface area contributed by atoms with Crippen LogP contribution in [0.4, 0.5) is 0 Å². The van der Waals surface area contributed by atoms with Gasteiger partial charge in [0, 0.05) is 30.9 Å². The number of aromatic nitrogens is 2. The highest BCUT2D eigenvalue weighted by Crippen LogP contribution is 2.24. The van der Waals surface area contributed by atoms with Gasteiger partial charge in [-0.25, -0.2) is 4.98 Å². The normalized spacial score (nSPS) is 17.0. The topological polar surface area (TPSA) is 75.2 Å². The Labute approximate surface area is 153 Å². The van der Waals surface area contributed by atoms with Crippen LogP contribution in [-0.4, -0.2) is 46.3 Å². The minimum absolute atomic E-state index is 0.102. The van der Waals surface area contributed by atoms with Crippen LogP contribution >= 0.6 is 0 Å². The van der Waals surface area contributed by atoms with Gasteiger partial charge in [-0.3, -0.25) is 14.6 Å². The third-order valence-electron chi connectivity index (χ3n) is 4.77. The highest BCUT2D eigenvalue weighted by molar-refractivity contribution is 5.98. The number of hydrogen-bond donors (Lipinski definition) is 1. The standard InChI is InChI=1S/C20H24N4O2/c1-13-12-22-14(2)18(23-13)15-7-6-8-16(11-15)20(26)24-10-5-4-9-17(24)19(25)21-3/h6-8,11-12,17H,4-5,9-10H2,1-3H3,(H,21,25). The zero-order chi connectivity index (χ0) is 18.7. The zero-order valence-corrected chi connectivity index (χ0v) is 15.5. The lowest BCUT2D eigenvalue weighted by Crippen LogP contribution is -2.51. The van der Waals surface area contributed by atoms with Crippen molar-refractivity contribution < 1.29 is 9.59 Å². The van der Waals surface area contributed by atoms with Crippen LogP contribution in [0.3, 0.4) is 0 Å². The number of aryl methyl sites for hydroxylation is 2. The zero-order valence-electron chi connectivity index (χ0n) is 15.5. The Hall–Kier alpha value is -2.76. The monoisotopic (exact) mass is 352 g/mol. The molecule has 0 radical (unpaired) electrons. The van der Waals surface area contributed by atoms with Gasteiger partial charge in [0.1, 0.15) is 6.04 Å². The average Bonchev–Trinajstić information content (AvgIpc) is 2.68. The number of rotatable bonds is 3. The molecule has 0 bridgehead atoms. The summed E-state index contributed by atoms with van der Waals surface area (Å²) in [5.74, 6) is -0.215. The summed E-state index contributed by atoms with van der Waals surface area (Å²) < 4.78 is 0. The Bertz CT molecular complexity index is 834. The van der Waals surface area contributed by atoms with Crippen LogP contribution in [0.15, 0.2) is 30.5 Å². The Kier molecular flexibility index (Phi) is 5.30. The molecule has 1 aromatic heterocycles. The van der Waals surface area contributed by atoms with Crippen molar-refractivity contribution in [2.45, 2.75) is 39.2 Å². The van der Waals surface area contributed by atoms with Gasteiger partial charge in [-0.1, -0.05) is 12.1 Å². The Morgan fingerprint density at radius 1 is 1.23 bits per heavy atom. The summed E-state index contributed by atoms with van der Waals surface area (Å²) in [7, 11) is 1.61. The number of likely N-dealkylation sites (N-methyl/N-ethyl adjacent to an activating group) is 1. The van der Waals surface area contributed by atoms with Crippen LogP contribution in [0.2, 0.25) is 0 Å². The van der Waals surface area contributed by atoms with E-state index in [0.29, 0.717) is 18.5 Å². The van der Waals surface area contributed by atoms with E-state index in [1.54, 1.807) is 24.2 Å². The van der Waals surface area contributed by atoms with Crippen LogP contribution in [0.5, 0.6) is 0 Å². The van der Waals surface area contributed by atoms with Crippen LogP contribution in [0.25, 0.3) is 11.3 Å². The van der Waals surface area contributed by atoms with E-state index in [0.717, 1.165) is 35.5 Å². The predicted octanol–water partition coefficient (Wildman–Crippen LogP) is 2.50. The van der Waals surface area contributed by atoms with Crippen molar-refractivity contribution in [3.05, 3.63) is 47.4 Å². The molecule has 1 atom stereocenters. The molecule has 0 spiro atoms. The SMILES string of the molecule is CNC(=O)C1CCCCN1C(=O)c1cccc(-c2nc(C)cnc2C)c1. The molecule has 1 unspecified atom stereocenters. The molecule has 2 amide bonds. The fourth-order valence-corrected chi connectivity index (χ4v) is 3.39. The molecule has 2 heterocycles. The fourth-order valence-electron chi connectivity index (χ4n) is 3.39. The minimum atomic E-state index is -0.398. The number of benzene rings is 1. The summed E-state index contributed by atoms with van der Waals surface area (Å²) in [5.41, 5.74) is 3.86. The maximum Gasteiger partial charge on any atom is 0.254 e. The van der Waals surface area contributed by atoms with Crippen molar-refractivity contribution in [2.24, 2.45) is 0 Å². The van der Waals surface area contributed by atoms with Gasteiger partial charge in [0.15, 0.2) is 0 Å². The van der Waals surface area contributed by atoms with E-state index < -0.39 is 6.04 Å². The molecule has 2 aromatic rings. The van der Waals surface area contributed by atoms with Crippen molar-refractivity contribution in [1.82, 2.24) is 20.2 Å². The molecule has 1 aliphatic heterocycles. The first-order chi connectivity index (χ1) is 12.5. The van der Waals surface area contributed by atoms with Crippen molar-refractivity contribution in [3.63, 3.8) is 0 Å². The molecule has 1 aromatic carbocycles. The first-order valence-electron chi connectivity index (χ1n) is 8.94.